The lowest BCUT2D eigenvalue weighted by Gasteiger charge is -2.31. The van der Waals surface area contributed by atoms with Gasteiger partial charge in [0.05, 0.1) is 95.8 Å². The first-order valence-corrected chi connectivity index (χ1v) is 18.0. The van der Waals surface area contributed by atoms with Crippen molar-refractivity contribution >= 4 is 93.0 Å². The Bertz CT molecular complexity index is 747. The van der Waals surface area contributed by atoms with Crippen molar-refractivity contribution in [3.05, 3.63) is 0 Å². The van der Waals surface area contributed by atoms with Crippen molar-refractivity contribution in [3.8, 4) is 0 Å². The summed E-state index contributed by atoms with van der Waals surface area (Å²) in [6, 6.07) is 0. The van der Waals surface area contributed by atoms with Gasteiger partial charge in [-0.3, -0.25) is 24.0 Å². The molecule has 22 heteroatoms. The lowest BCUT2D eigenvalue weighted by atomic mass is 9.91. The Morgan fingerprint density at radius 1 is 0.404 bits per heavy atom. The van der Waals surface area contributed by atoms with Crippen molar-refractivity contribution in [1.82, 2.24) is 0 Å². The summed E-state index contributed by atoms with van der Waals surface area (Å²) in [6.07, 6.45) is 0.710. The van der Waals surface area contributed by atoms with Crippen molar-refractivity contribution < 1.29 is 84.9 Å². The Hall–Kier alpha value is -1.18. The van der Waals surface area contributed by atoms with Gasteiger partial charge < -0.3 is 60.9 Å². The molecule has 0 spiro atoms. The molecule has 0 aromatic heterocycles. The zero-order valence-corrected chi connectivity index (χ0v) is 34.7. The van der Waals surface area contributed by atoms with E-state index in [1.807, 2.05) is 0 Å². The van der Waals surface area contributed by atoms with Crippen LogP contribution in [0, 0.1) is 10.8 Å². The van der Waals surface area contributed by atoms with Gasteiger partial charge in [0, 0.05) is 26.2 Å². The maximum atomic E-state index is 9.76. The first-order valence-electron chi connectivity index (χ1n) is 15.4. The lowest BCUT2D eigenvalue weighted by molar-refractivity contribution is -0.137. The molecule has 0 rings (SSSR count). The number of carboxylic acid groups (broad SMARTS) is 5. The average Bonchev–Trinajstić information content (AvgIpc) is 2.96. The van der Waals surface area contributed by atoms with E-state index in [4.69, 9.17) is 60.9 Å². The number of carbonyl (C=O) groups is 5. The van der Waals surface area contributed by atoms with E-state index >= 15 is 0 Å². The van der Waals surface area contributed by atoms with Gasteiger partial charge >= 0.3 is 29.8 Å². The van der Waals surface area contributed by atoms with Crippen LogP contribution in [0.3, 0.4) is 0 Å². The third-order valence-corrected chi connectivity index (χ3v) is 6.09. The lowest BCUT2D eigenvalue weighted by Crippen LogP contribution is -2.43. The molecule has 52 heavy (non-hydrogen) atoms. The summed E-state index contributed by atoms with van der Waals surface area (Å²) in [6.45, 7) is 5.73. The second-order valence-electron chi connectivity index (χ2n) is 11.7. The number of aliphatic hydroxyl groups excluding tert-OH is 6. The Morgan fingerprint density at radius 3 is 0.596 bits per heavy atom. The molecule has 0 amide bonds. The largest absolute Gasteiger partial charge is 0.481 e. The third-order valence-electron chi connectivity index (χ3n) is 5.18. The molecule has 314 valence electrons. The van der Waals surface area contributed by atoms with Gasteiger partial charge in [-0.25, -0.2) is 0 Å². The summed E-state index contributed by atoms with van der Waals surface area (Å²) in [5.74, 6) is -3.95. The molecule has 0 aromatic rings. The summed E-state index contributed by atoms with van der Waals surface area (Å²) in [5.41, 5.74) is -2.32. The molecule has 17 nitrogen and oxygen atoms in total. The van der Waals surface area contributed by atoms with E-state index < -0.39 is 80.3 Å². The predicted molar refractivity (Wildman–Crippen MR) is 212 cm³/mol. The highest BCUT2D eigenvalue weighted by molar-refractivity contribution is 7.81. The molecule has 0 saturated carbocycles. The van der Waals surface area contributed by atoms with Gasteiger partial charge in [-0.15, -0.1) is 0 Å². The Balaban J connectivity index is -0.000000129. The number of rotatable bonds is 20. The maximum absolute atomic E-state index is 9.76. The highest BCUT2D eigenvalue weighted by Crippen LogP contribution is 2.19. The van der Waals surface area contributed by atoms with Gasteiger partial charge in [0.25, 0.3) is 0 Å². The summed E-state index contributed by atoms with van der Waals surface area (Å²) >= 11 is 19.3. The minimum absolute atomic E-state index is 0.0301. The number of aliphatic hydroxyl groups is 6. The molecule has 0 aromatic carbocycles. The normalized spacial score (nSPS) is 13.3. The minimum Gasteiger partial charge on any atom is -0.481 e. The van der Waals surface area contributed by atoms with E-state index in [0.717, 1.165) is 0 Å². The fraction of sp³-hybridized carbons (Fsp3) is 0.833. The van der Waals surface area contributed by atoms with Crippen LogP contribution in [0.15, 0.2) is 0 Å². The molecular formula is C30H62O17S5. The van der Waals surface area contributed by atoms with Crippen molar-refractivity contribution in [2.24, 2.45) is 10.8 Å². The average molecular weight is 855 g/mol. The minimum atomic E-state index is -1.16. The van der Waals surface area contributed by atoms with E-state index in [2.05, 4.69) is 63.1 Å². The van der Waals surface area contributed by atoms with Crippen molar-refractivity contribution in [1.29, 1.82) is 0 Å². The molecule has 0 bridgehead atoms. The Labute approximate surface area is 333 Å². The van der Waals surface area contributed by atoms with E-state index in [1.165, 1.54) is 0 Å². The van der Waals surface area contributed by atoms with Crippen LogP contribution in [-0.2, 0) is 28.7 Å². The molecule has 0 aliphatic carbocycles. The Kier molecular flexibility index (Phi) is 47.7. The fourth-order valence-electron chi connectivity index (χ4n) is 2.32. The number of carboxylic acids is 5. The molecule has 0 aliphatic rings. The molecule has 5 unspecified atom stereocenters. The van der Waals surface area contributed by atoms with Crippen LogP contribution in [0.1, 0.15) is 66.7 Å². The van der Waals surface area contributed by atoms with Gasteiger partial charge in [-0.05, 0) is 0 Å². The first-order chi connectivity index (χ1) is 23.7. The maximum Gasteiger partial charge on any atom is 0.304 e. The second kappa shape index (κ2) is 39.5. The molecule has 0 aliphatic heterocycles. The number of hydrogen-bond donors (Lipinski definition) is 16. The molecule has 0 radical (unpaired) electrons. The topological polar surface area (TPSA) is 317 Å². The fourth-order valence-corrected chi connectivity index (χ4v) is 3.10. The number of thiol groups is 5. The molecule has 0 fully saturated rings. The van der Waals surface area contributed by atoms with Crippen molar-refractivity contribution in [2.75, 3.05) is 52.9 Å². The number of aliphatic carboxylic acids is 5. The van der Waals surface area contributed by atoms with Crippen LogP contribution < -0.4 is 0 Å². The van der Waals surface area contributed by atoms with Crippen LogP contribution >= 0.6 is 63.1 Å². The second-order valence-corrected chi connectivity index (χ2v) is 16.1. The Morgan fingerprint density at radius 2 is 0.538 bits per heavy atom. The van der Waals surface area contributed by atoms with Crippen LogP contribution in [0.4, 0.5) is 0 Å². The molecule has 11 N–H and O–H groups in total. The van der Waals surface area contributed by atoms with Crippen LogP contribution in [0.2, 0.25) is 0 Å². The van der Waals surface area contributed by atoms with Gasteiger partial charge in [0.15, 0.2) is 0 Å². The van der Waals surface area contributed by atoms with Gasteiger partial charge in [0.1, 0.15) is 0 Å². The van der Waals surface area contributed by atoms with Crippen molar-refractivity contribution in [3.63, 3.8) is 0 Å². The standard InChI is InChI=1S/C10H22O7.5C4H8O2S/c11-1-9(2-12,3-13)7-17-8-10(4-14,5-15)6-16;5*1-3(7)2-4(5)6/h11-16H,1-8H2;5*3,7H,2H2,1H3,(H,5,6). The van der Waals surface area contributed by atoms with Crippen molar-refractivity contribution in [2.45, 2.75) is 93.0 Å². The van der Waals surface area contributed by atoms with E-state index in [1.54, 1.807) is 34.6 Å². The number of hydrogen-bond acceptors (Lipinski definition) is 17. The zero-order valence-electron chi connectivity index (χ0n) is 30.2. The summed E-state index contributed by atoms with van der Waals surface area (Å²) in [5, 5.41) is 94.2. The predicted octanol–water partition coefficient (Wildman–Crippen LogP) is 0.827. The highest BCUT2D eigenvalue weighted by Gasteiger charge is 2.32. The van der Waals surface area contributed by atoms with Gasteiger partial charge in [-0.1, -0.05) is 34.6 Å². The van der Waals surface area contributed by atoms with E-state index in [-0.39, 0.29) is 71.6 Å². The highest BCUT2D eigenvalue weighted by atomic mass is 32.1. The zero-order chi connectivity index (χ0) is 42.7. The quantitative estimate of drug-likeness (QED) is 0.0754. The van der Waals surface area contributed by atoms with Gasteiger partial charge in [-0.2, -0.15) is 63.1 Å². The summed E-state index contributed by atoms with van der Waals surface area (Å²) in [7, 11) is 0. The first kappa shape index (κ1) is 62.8. The van der Waals surface area contributed by atoms with E-state index in [0.29, 0.717) is 0 Å². The van der Waals surface area contributed by atoms with Crippen LogP contribution in [-0.4, -0.2) is 165 Å². The van der Waals surface area contributed by atoms with E-state index in [9.17, 15) is 24.0 Å². The summed E-state index contributed by atoms with van der Waals surface area (Å²) < 4.78 is 5.15. The SMILES string of the molecule is CC(S)CC(=O)O.CC(S)CC(=O)O.CC(S)CC(=O)O.CC(S)CC(=O)O.CC(S)CC(=O)O.OCC(CO)(CO)COCC(CO)(CO)CO. The van der Waals surface area contributed by atoms with Crippen LogP contribution in [0.25, 0.3) is 0 Å². The monoisotopic (exact) mass is 854 g/mol. The molecule has 5 atom stereocenters. The number of ether oxygens (including phenoxy) is 1. The molecule has 0 heterocycles. The smallest absolute Gasteiger partial charge is 0.304 e. The van der Waals surface area contributed by atoms with Crippen LogP contribution in [0.5, 0.6) is 0 Å². The third kappa shape index (κ3) is 55.6. The summed E-state index contributed by atoms with van der Waals surface area (Å²) in [4.78, 5) is 48.8. The van der Waals surface area contributed by atoms with Gasteiger partial charge in [0.2, 0.25) is 0 Å². The molecule has 0 saturated heterocycles. The molecular weight excluding hydrogens is 793 g/mol.